The maximum atomic E-state index is 13.5. The normalized spacial score (nSPS) is 11.7. The lowest BCUT2D eigenvalue weighted by molar-refractivity contribution is 0.628. The number of rotatable bonds is 5. The molecule has 9 heteroatoms. The van der Waals surface area contributed by atoms with Gasteiger partial charge in [-0.3, -0.25) is 4.79 Å². The van der Waals surface area contributed by atoms with Crippen molar-refractivity contribution in [2.75, 3.05) is 0 Å². The van der Waals surface area contributed by atoms with E-state index in [-0.39, 0.29) is 16.9 Å². The molecule has 0 aliphatic carbocycles. The van der Waals surface area contributed by atoms with Gasteiger partial charge in [0.2, 0.25) is 0 Å². The van der Waals surface area contributed by atoms with E-state index in [9.17, 15) is 9.18 Å². The fourth-order valence-corrected chi connectivity index (χ4v) is 4.73. The molecule has 0 saturated heterocycles. The first kappa shape index (κ1) is 21.5. The van der Waals surface area contributed by atoms with Crippen LogP contribution in [0, 0.1) is 5.82 Å². The molecule has 4 aromatic heterocycles. The Morgan fingerprint density at radius 1 is 1.09 bits per heavy atom. The maximum absolute atomic E-state index is 13.5. The Bertz CT molecular complexity index is 1780. The van der Waals surface area contributed by atoms with E-state index in [0.717, 1.165) is 33.3 Å². The minimum Gasteiger partial charge on any atom is -0.361 e. The minimum atomic E-state index is -0.309. The lowest BCUT2D eigenvalue weighted by atomic mass is 10.0. The van der Waals surface area contributed by atoms with Crippen molar-refractivity contribution in [3.05, 3.63) is 93.4 Å². The molecular formula is C26H20ClFN6O. The summed E-state index contributed by atoms with van der Waals surface area (Å²) in [5, 5.41) is 15.1. The smallest absolute Gasteiger partial charge is 0.280 e. The van der Waals surface area contributed by atoms with Gasteiger partial charge in [-0.1, -0.05) is 30.7 Å². The summed E-state index contributed by atoms with van der Waals surface area (Å²) in [5.74, 6) is -0.309. The van der Waals surface area contributed by atoms with Crippen LogP contribution in [0.25, 0.3) is 38.7 Å². The van der Waals surface area contributed by atoms with Crippen molar-refractivity contribution in [3.8, 4) is 11.1 Å². The number of aryl methyl sites for hydroxylation is 3. The van der Waals surface area contributed by atoms with Crippen LogP contribution in [0.3, 0.4) is 0 Å². The quantitative estimate of drug-likeness (QED) is 0.364. The van der Waals surface area contributed by atoms with E-state index in [1.807, 2.05) is 37.4 Å². The molecular weight excluding hydrogens is 467 g/mol. The van der Waals surface area contributed by atoms with Gasteiger partial charge in [-0.2, -0.15) is 5.10 Å². The van der Waals surface area contributed by atoms with Crippen molar-refractivity contribution in [3.63, 3.8) is 0 Å². The van der Waals surface area contributed by atoms with Gasteiger partial charge in [-0.25, -0.2) is 8.91 Å². The molecule has 0 aliphatic rings. The second-order valence-corrected chi connectivity index (χ2v) is 8.86. The SMILES string of the molecule is CCc1nn2c(nnc3c(=O)n(CCc4c[nH]c5ccc(Cl)cc45)ccc32)c1-c1ccc(F)cc1. The summed E-state index contributed by atoms with van der Waals surface area (Å²) < 4.78 is 16.8. The highest BCUT2D eigenvalue weighted by Crippen LogP contribution is 2.29. The number of nitrogens with one attached hydrogen (secondary N) is 1. The zero-order valence-corrected chi connectivity index (χ0v) is 19.6. The number of H-pyrrole nitrogens is 1. The minimum absolute atomic E-state index is 0.230. The van der Waals surface area contributed by atoms with Crippen LogP contribution in [-0.2, 0) is 19.4 Å². The predicted molar refractivity (Wildman–Crippen MR) is 134 cm³/mol. The zero-order valence-electron chi connectivity index (χ0n) is 18.8. The fourth-order valence-electron chi connectivity index (χ4n) is 4.56. The molecule has 0 bridgehead atoms. The summed E-state index contributed by atoms with van der Waals surface area (Å²) in [7, 11) is 0. The standard InChI is InChI=1S/C26H20ClFN6O/c1-2-20-23(15-3-6-18(28)7-4-15)25-31-30-24-22(34(25)32-20)10-12-33(26(24)35)11-9-16-14-29-21-8-5-17(27)13-19(16)21/h3-8,10,12-14,29H,2,9,11H2,1H3. The number of nitrogens with zero attached hydrogens (tertiary/aromatic N) is 5. The molecule has 35 heavy (non-hydrogen) atoms. The Balaban J connectivity index is 1.41. The average molecular weight is 487 g/mol. The number of fused-ring (bicyclic) bond motifs is 4. The Morgan fingerprint density at radius 2 is 1.91 bits per heavy atom. The number of hydrogen-bond donors (Lipinski definition) is 1. The first-order valence-electron chi connectivity index (χ1n) is 11.3. The highest BCUT2D eigenvalue weighted by Gasteiger charge is 2.19. The highest BCUT2D eigenvalue weighted by molar-refractivity contribution is 6.31. The highest BCUT2D eigenvalue weighted by atomic mass is 35.5. The molecule has 0 fully saturated rings. The van der Waals surface area contributed by atoms with Crippen molar-refractivity contribution in [2.24, 2.45) is 0 Å². The van der Waals surface area contributed by atoms with Crippen LogP contribution in [0.5, 0.6) is 0 Å². The maximum Gasteiger partial charge on any atom is 0.280 e. The predicted octanol–water partition coefficient (Wildman–Crippen LogP) is 5.19. The molecule has 7 nitrogen and oxygen atoms in total. The Kier molecular flexibility index (Phi) is 5.11. The summed E-state index contributed by atoms with van der Waals surface area (Å²) in [5.41, 5.74) is 5.63. The van der Waals surface area contributed by atoms with E-state index < -0.39 is 0 Å². The molecule has 0 atom stereocenters. The van der Waals surface area contributed by atoms with Crippen molar-refractivity contribution >= 4 is 39.2 Å². The van der Waals surface area contributed by atoms with Crippen LogP contribution in [0.4, 0.5) is 4.39 Å². The van der Waals surface area contributed by atoms with Crippen molar-refractivity contribution < 1.29 is 4.39 Å². The largest absolute Gasteiger partial charge is 0.361 e. The topological polar surface area (TPSA) is 80.9 Å². The molecule has 2 aromatic carbocycles. The lowest BCUT2D eigenvalue weighted by Crippen LogP contribution is -2.22. The second kappa shape index (κ2) is 8.32. The van der Waals surface area contributed by atoms with Gasteiger partial charge in [0.15, 0.2) is 11.2 Å². The molecule has 0 amide bonds. The molecule has 6 aromatic rings. The van der Waals surface area contributed by atoms with E-state index in [4.69, 9.17) is 16.7 Å². The molecule has 0 spiro atoms. The average Bonchev–Trinajstić information content (AvgIpc) is 3.45. The van der Waals surface area contributed by atoms with Gasteiger partial charge in [0.05, 0.1) is 11.3 Å². The molecule has 0 aliphatic heterocycles. The number of aromatic nitrogens is 6. The summed E-state index contributed by atoms with van der Waals surface area (Å²) >= 11 is 6.16. The molecule has 0 saturated carbocycles. The molecule has 6 rings (SSSR count). The van der Waals surface area contributed by atoms with E-state index in [1.165, 1.54) is 12.1 Å². The van der Waals surface area contributed by atoms with Gasteiger partial charge in [-0.15, -0.1) is 10.2 Å². The van der Waals surface area contributed by atoms with Gasteiger partial charge in [-0.05, 0) is 60.4 Å². The Hall–Kier alpha value is -4.04. The monoisotopic (exact) mass is 486 g/mol. The third-order valence-corrected chi connectivity index (χ3v) is 6.58. The first-order valence-corrected chi connectivity index (χ1v) is 11.7. The van der Waals surface area contributed by atoms with E-state index in [0.29, 0.717) is 35.6 Å². The van der Waals surface area contributed by atoms with Crippen molar-refractivity contribution in [1.29, 1.82) is 0 Å². The van der Waals surface area contributed by atoms with E-state index >= 15 is 0 Å². The van der Waals surface area contributed by atoms with Gasteiger partial charge in [0, 0.05) is 34.9 Å². The van der Waals surface area contributed by atoms with Crippen molar-refractivity contribution in [2.45, 2.75) is 26.3 Å². The van der Waals surface area contributed by atoms with E-state index in [2.05, 4.69) is 15.2 Å². The van der Waals surface area contributed by atoms with Gasteiger partial charge < -0.3 is 9.55 Å². The number of halogens is 2. The second-order valence-electron chi connectivity index (χ2n) is 8.42. The molecule has 0 radical (unpaired) electrons. The van der Waals surface area contributed by atoms with Gasteiger partial charge >= 0.3 is 0 Å². The molecule has 1 N–H and O–H groups in total. The fraction of sp³-hybridized carbons (Fsp3) is 0.154. The van der Waals surface area contributed by atoms with Crippen molar-refractivity contribution in [1.82, 2.24) is 29.4 Å². The summed E-state index contributed by atoms with van der Waals surface area (Å²) in [6, 6.07) is 13.8. The third kappa shape index (κ3) is 3.57. The molecule has 174 valence electrons. The first-order chi connectivity index (χ1) is 17.0. The van der Waals surface area contributed by atoms with Crippen LogP contribution in [-0.4, -0.2) is 29.4 Å². The van der Waals surface area contributed by atoms with Gasteiger partial charge in [0.1, 0.15) is 11.3 Å². The number of benzene rings is 2. The number of aromatic amines is 1. The summed E-state index contributed by atoms with van der Waals surface area (Å²) in [4.78, 5) is 16.5. The van der Waals surface area contributed by atoms with Gasteiger partial charge in [0.25, 0.3) is 5.56 Å². The van der Waals surface area contributed by atoms with Crippen LogP contribution < -0.4 is 5.56 Å². The molecule has 0 unspecified atom stereocenters. The summed E-state index contributed by atoms with van der Waals surface area (Å²) in [6.45, 7) is 2.48. The van der Waals surface area contributed by atoms with E-state index in [1.54, 1.807) is 27.4 Å². The van der Waals surface area contributed by atoms with Crippen LogP contribution in [0.2, 0.25) is 5.02 Å². The zero-order chi connectivity index (χ0) is 24.1. The van der Waals surface area contributed by atoms with Crippen LogP contribution >= 0.6 is 11.6 Å². The van der Waals surface area contributed by atoms with Crippen LogP contribution in [0.15, 0.2) is 65.7 Å². The number of hydrogen-bond acceptors (Lipinski definition) is 4. The summed E-state index contributed by atoms with van der Waals surface area (Å²) in [6.07, 6.45) is 5.02. The Morgan fingerprint density at radius 3 is 2.71 bits per heavy atom. The Labute approximate surface area is 203 Å². The number of pyridine rings is 1. The molecule has 4 heterocycles. The van der Waals surface area contributed by atoms with Crippen LogP contribution in [0.1, 0.15) is 18.2 Å². The lowest BCUT2D eigenvalue weighted by Gasteiger charge is -2.07. The third-order valence-electron chi connectivity index (χ3n) is 6.34.